The summed E-state index contributed by atoms with van der Waals surface area (Å²) in [5, 5.41) is 3.31. The molecule has 1 N–H and O–H groups in total. The fourth-order valence-corrected chi connectivity index (χ4v) is 8.21. The van der Waals surface area contributed by atoms with E-state index < -0.39 is 11.9 Å². The summed E-state index contributed by atoms with van der Waals surface area (Å²) in [5.41, 5.74) is -0.192. The van der Waals surface area contributed by atoms with Crippen molar-refractivity contribution >= 4 is 39.3 Å². The van der Waals surface area contributed by atoms with Crippen molar-refractivity contribution in [2.24, 2.45) is 23.2 Å². The molecule has 12 heteroatoms. The molecule has 214 valence electrons. The van der Waals surface area contributed by atoms with Gasteiger partial charge in [0.05, 0.1) is 39.9 Å². The van der Waals surface area contributed by atoms with Crippen LogP contribution < -0.4 is 5.32 Å². The molecule has 4 fully saturated rings. The SMILES string of the molecule is Cc1cc(C(F)(F)F)nc(-c2ccnc3cc(CN4C(=O)C5C(C4=O)C5(C)C)sc23)c1C(=O)N1CC[C@@H]2CNC[C@@H]21. The standard InChI is InChI=1S/C29H28F3N5O3S/c1-13-8-19(29(30,31)32)35-23(20(13)25(38)36-7-5-14-10-33-11-18(14)36)16-4-6-34-17-9-15(41-24(16)17)12-37-26(39)21-22(27(37)40)28(21,2)3/h4,6,8-9,14,18,21-22,33H,5,7,10-12H2,1-3H3/t14-,18+,21?,22?/m1/s1. The smallest absolute Gasteiger partial charge is 0.334 e. The Kier molecular flexibility index (Phi) is 5.70. The Balaban J connectivity index is 1.30. The summed E-state index contributed by atoms with van der Waals surface area (Å²) < 4.78 is 42.4. The zero-order valence-corrected chi connectivity index (χ0v) is 23.5. The summed E-state index contributed by atoms with van der Waals surface area (Å²) in [6, 6.07) is 4.26. The van der Waals surface area contributed by atoms with Gasteiger partial charge in [0.15, 0.2) is 0 Å². The largest absolute Gasteiger partial charge is 0.433 e. The molecule has 4 atom stereocenters. The van der Waals surface area contributed by atoms with Crippen LogP contribution in [0.4, 0.5) is 13.2 Å². The molecule has 8 nitrogen and oxygen atoms in total. The van der Waals surface area contributed by atoms with Crippen molar-refractivity contribution in [3.8, 4) is 11.3 Å². The molecule has 3 aromatic rings. The molecule has 3 aliphatic heterocycles. The average molecular weight is 584 g/mol. The van der Waals surface area contributed by atoms with Gasteiger partial charge in [0.2, 0.25) is 11.8 Å². The number of hydrogen-bond acceptors (Lipinski definition) is 7. The third-order valence-corrected chi connectivity index (χ3v) is 10.5. The van der Waals surface area contributed by atoms with Gasteiger partial charge in [0.25, 0.3) is 5.91 Å². The van der Waals surface area contributed by atoms with Crippen molar-refractivity contribution in [2.75, 3.05) is 19.6 Å². The number of amides is 3. The summed E-state index contributed by atoms with van der Waals surface area (Å²) in [5.74, 6) is -0.988. The Morgan fingerprint density at radius 2 is 1.90 bits per heavy atom. The number of aryl methyl sites for hydroxylation is 1. The number of carbonyl (C=O) groups is 3. The van der Waals surface area contributed by atoms with Gasteiger partial charge in [-0.2, -0.15) is 13.2 Å². The van der Waals surface area contributed by atoms with E-state index in [4.69, 9.17) is 0 Å². The van der Waals surface area contributed by atoms with E-state index in [1.54, 1.807) is 17.0 Å². The molecular weight excluding hydrogens is 555 g/mol. The predicted octanol–water partition coefficient (Wildman–Crippen LogP) is 4.26. The number of fused-ring (bicyclic) bond motifs is 3. The monoisotopic (exact) mass is 583 g/mol. The second-order valence-electron chi connectivity index (χ2n) is 12.1. The first-order chi connectivity index (χ1) is 19.4. The van der Waals surface area contributed by atoms with Crippen LogP contribution >= 0.6 is 11.3 Å². The molecule has 41 heavy (non-hydrogen) atoms. The van der Waals surface area contributed by atoms with Gasteiger partial charge in [-0.15, -0.1) is 11.3 Å². The number of imide groups is 1. The predicted molar refractivity (Wildman–Crippen MR) is 145 cm³/mol. The number of alkyl halides is 3. The van der Waals surface area contributed by atoms with Gasteiger partial charge in [-0.3, -0.25) is 24.3 Å². The second kappa shape index (κ2) is 8.81. The van der Waals surface area contributed by atoms with E-state index in [0.29, 0.717) is 39.7 Å². The lowest BCUT2D eigenvalue weighted by Gasteiger charge is -2.26. The molecule has 4 aliphatic rings. The number of halogens is 3. The Morgan fingerprint density at radius 3 is 2.61 bits per heavy atom. The zero-order valence-electron chi connectivity index (χ0n) is 22.7. The molecule has 0 radical (unpaired) electrons. The molecule has 1 saturated carbocycles. The van der Waals surface area contributed by atoms with Gasteiger partial charge in [0.1, 0.15) is 5.69 Å². The van der Waals surface area contributed by atoms with Crippen LogP contribution in [-0.2, 0) is 22.3 Å². The minimum absolute atomic E-state index is 0.00503. The van der Waals surface area contributed by atoms with Crippen LogP contribution in [0.1, 0.15) is 46.8 Å². The van der Waals surface area contributed by atoms with Gasteiger partial charge >= 0.3 is 6.18 Å². The first-order valence-electron chi connectivity index (χ1n) is 13.7. The maximum absolute atomic E-state index is 14.0. The molecular formula is C29H28F3N5O3S. The van der Waals surface area contributed by atoms with E-state index in [9.17, 15) is 27.6 Å². The lowest BCUT2D eigenvalue weighted by atomic mass is 9.98. The van der Waals surface area contributed by atoms with Gasteiger partial charge in [-0.1, -0.05) is 13.8 Å². The van der Waals surface area contributed by atoms with E-state index in [1.807, 2.05) is 13.8 Å². The van der Waals surface area contributed by atoms with Crippen LogP contribution in [0, 0.1) is 30.1 Å². The lowest BCUT2D eigenvalue weighted by Crippen LogP contribution is -2.39. The van der Waals surface area contributed by atoms with Gasteiger partial charge in [0, 0.05) is 42.3 Å². The van der Waals surface area contributed by atoms with Crippen molar-refractivity contribution in [1.82, 2.24) is 25.1 Å². The number of piperidine rings is 1. The molecule has 0 aromatic carbocycles. The maximum Gasteiger partial charge on any atom is 0.433 e. The third-order valence-electron chi connectivity index (χ3n) is 9.35. The zero-order chi connectivity index (χ0) is 29.0. The highest BCUT2D eigenvalue weighted by Gasteiger charge is 2.72. The lowest BCUT2D eigenvalue weighted by molar-refractivity contribution is -0.144. The van der Waals surface area contributed by atoms with Gasteiger partial charge in [-0.25, -0.2) is 4.98 Å². The number of nitrogens with one attached hydrogen (secondary N) is 1. The summed E-state index contributed by atoms with van der Waals surface area (Å²) in [4.78, 5) is 52.0. The molecule has 0 bridgehead atoms. The van der Waals surface area contributed by atoms with Crippen LogP contribution in [0.2, 0.25) is 0 Å². The Labute approximate surface area is 237 Å². The number of pyridine rings is 2. The highest BCUT2D eigenvalue weighted by Crippen LogP contribution is 2.63. The Bertz CT molecular complexity index is 1630. The van der Waals surface area contributed by atoms with Crippen molar-refractivity contribution < 1.29 is 27.6 Å². The Morgan fingerprint density at radius 1 is 1.17 bits per heavy atom. The van der Waals surface area contributed by atoms with E-state index in [1.165, 1.54) is 29.4 Å². The van der Waals surface area contributed by atoms with Gasteiger partial charge < -0.3 is 10.2 Å². The quantitative estimate of drug-likeness (QED) is 0.462. The normalized spacial score (nSPS) is 26.7. The first-order valence-corrected chi connectivity index (χ1v) is 14.5. The van der Waals surface area contributed by atoms with Crippen LogP contribution in [0.3, 0.4) is 0 Å². The van der Waals surface area contributed by atoms with E-state index in [0.717, 1.165) is 19.0 Å². The van der Waals surface area contributed by atoms with Crippen molar-refractivity contribution in [3.63, 3.8) is 0 Å². The number of thiophene rings is 1. The number of likely N-dealkylation sites (tertiary alicyclic amines) is 2. The highest BCUT2D eigenvalue weighted by molar-refractivity contribution is 7.19. The van der Waals surface area contributed by atoms with Gasteiger partial charge in [-0.05, 0) is 48.4 Å². The molecule has 6 heterocycles. The molecule has 3 amide bonds. The molecule has 3 saturated heterocycles. The molecule has 1 aliphatic carbocycles. The minimum Gasteiger partial charge on any atom is -0.334 e. The number of carbonyl (C=O) groups excluding carboxylic acids is 3. The van der Waals surface area contributed by atoms with Crippen LogP contribution in [-0.4, -0.2) is 63.2 Å². The summed E-state index contributed by atoms with van der Waals surface area (Å²) in [6.45, 7) is 7.44. The number of aromatic nitrogens is 2. The van der Waals surface area contributed by atoms with E-state index in [-0.39, 0.29) is 64.4 Å². The minimum atomic E-state index is -4.70. The number of nitrogens with zero attached hydrogens (tertiary/aromatic N) is 4. The van der Waals surface area contributed by atoms with Crippen LogP contribution in [0.15, 0.2) is 24.4 Å². The van der Waals surface area contributed by atoms with E-state index in [2.05, 4.69) is 15.3 Å². The topological polar surface area (TPSA) is 95.5 Å². The van der Waals surface area contributed by atoms with Crippen LogP contribution in [0.5, 0.6) is 0 Å². The van der Waals surface area contributed by atoms with Crippen LogP contribution in [0.25, 0.3) is 21.5 Å². The van der Waals surface area contributed by atoms with E-state index >= 15 is 0 Å². The third kappa shape index (κ3) is 3.93. The maximum atomic E-state index is 14.0. The number of hydrogen-bond donors (Lipinski definition) is 1. The summed E-state index contributed by atoms with van der Waals surface area (Å²) >= 11 is 1.25. The van der Waals surface area contributed by atoms with Crippen molar-refractivity contribution in [3.05, 3.63) is 46.1 Å². The second-order valence-corrected chi connectivity index (χ2v) is 13.3. The molecule has 2 unspecified atom stereocenters. The highest BCUT2D eigenvalue weighted by atomic mass is 32.1. The fraction of sp³-hybridized carbons (Fsp3) is 0.483. The van der Waals surface area contributed by atoms with Crippen molar-refractivity contribution in [2.45, 2.75) is 46.0 Å². The Hall–Kier alpha value is -3.38. The van der Waals surface area contributed by atoms with Crippen molar-refractivity contribution in [1.29, 1.82) is 0 Å². The average Bonchev–Trinajstić information content (AvgIpc) is 3.45. The summed E-state index contributed by atoms with van der Waals surface area (Å²) in [6.07, 6.45) is -2.38. The molecule has 7 rings (SSSR count). The summed E-state index contributed by atoms with van der Waals surface area (Å²) in [7, 11) is 0. The molecule has 0 spiro atoms. The first kappa shape index (κ1) is 26.5. The fourth-order valence-electron chi connectivity index (χ4n) is 7.10. The number of rotatable bonds is 4. The molecule has 3 aromatic heterocycles.